The Bertz CT molecular complexity index is 674. The highest BCUT2D eigenvalue weighted by molar-refractivity contribution is 5.01. The molecule has 0 amide bonds. The van der Waals surface area contributed by atoms with E-state index >= 15 is 0 Å². The van der Waals surface area contributed by atoms with Gasteiger partial charge in [0.15, 0.2) is 11.6 Å². The van der Waals surface area contributed by atoms with Gasteiger partial charge in [0.2, 0.25) is 11.8 Å². The van der Waals surface area contributed by atoms with E-state index in [0.29, 0.717) is 12.5 Å². The van der Waals surface area contributed by atoms with E-state index in [1.54, 1.807) is 0 Å². The first-order chi connectivity index (χ1) is 11.7. The summed E-state index contributed by atoms with van der Waals surface area (Å²) >= 11 is 0. The predicted molar refractivity (Wildman–Crippen MR) is 86.3 cm³/mol. The van der Waals surface area contributed by atoms with Crippen LogP contribution in [0.15, 0.2) is 9.05 Å². The molecule has 24 heavy (non-hydrogen) atoms. The van der Waals surface area contributed by atoms with Crippen LogP contribution in [0.25, 0.3) is 0 Å². The zero-order chi connectivity index (χ0) is 16.5. The molecule has 130 valence electrons. The Balaban J connectivity index is 1.45. The van der Waals surface area contributed by atoms with E-state index in [1.165, 1.54) is 25.7 Å². The van der Waals surface area contributed by atoms with Gasteiger partial charge in [0.05, 0.1) is 12.6 Å². The van der Waals surface area contributed by atoms with Gasteiger partial charge in [-0.1, -0.05) is 37.0 Å². The first-order valence-corrected chi connectivity index (χ1v) is 9.10. The fraction of sp³-hybridized carbons (Fsp3) is 0.765. The minimum atomic E-state index is 0.165. The molecule has 0 aromatic carbocycles. The number of hydrogen-bond donors (Lipinski definition) is 0. The maximum absolute atomic E-state index is 5.50. The Morgan fingerprint density at radius 1 is 1.00 bits per heavy atom. The number of likely N-dealkylation sites (tertiary alicyclic amines) is 1. The van der Waals surface area contributed by atoms with Crippen molar-refractivity contribution in [2.75, 3.05) is 6.54 Å². The summed E-state index contributed by atoms with van der Waals surface area (Å²) in [6, 6.07) is 0.165. The highest BCUT2D eigenvalue weighted by Crippen LogP contribution is 2.34. The van der Waals surface area contributed by atoms with Gasteiger partial charge in [0.25, 0.3) is 0 Å². The average Bonchev–Trinajstić information content (AvgIpc) is 3.35. The Morgan fingerprint density at radius 3 is 2.54 bits per heavy atom. The number of hydrogen-bond acceptors (Lipinski definition) is 7. The van der Waals surface area contributed by atoms with Crippen molar-refractivity contribution in [2.24, 2.45) is 0 Å². The fourth-order valence-corrected chi connectivity index (χ4v) is 3.76. The summed E-state index contributed by atoms with van der Waals surface area (Å²) in [5.74, 6) is 3.83. The number of nitrogens with zero attached hydrogens (tertiary/aromatic N) is 5. The molecule has 1 saturated carbocycles. The molecule has 7 heteroatoms. The third-order valence-electron chi connectivity index (χ3n) is 5.16. The lowest BCUT2D eigenvalue weighted by atomic mass is 10.1. The van der Waals surface area contributed by atoms with Gasteiger partial charge in [-0.05, 0) is 32.2 Å². The van der Waals surface area contributed by atoms with Crippen LogP contribution in [0.4, 0.5) is 0 Å². The molecule has 0 radical (unpaired) electrons. The van der Waals surface area contributed by atoms with Gasteiger partial charge < -0.3 is 9.05 Å². The van der Waals surface area contributed by atoms with Crippen LogP contribution in [0.3, 0.4) is 0 Å². The van der Waals surface area contributed by atoms with E-state index in [1.807, 2.05) is 0 Å². The van der Waals surface area contributed by atoms with Crippen LogP contribution in [0, 0.1) is 0 Å². The topological polar surface area (TPSA) is 81.1 Å². The van der Waals surface area contributed by atoms with Crippen molar-refractivity contribution >= 4 is 0 Å². The number of aromatic nitrogens is 4. The summed E-state index contributed by atoms with van der Waals surface area (Å²) in [4.78, 5) is 11.5. The van der Waals surface area contributed by atoms with Crippen LogP contribution >= 0.6 is 0 Å². The molecule has 7 nitrogen and oxygen atoms in total. The summed E-state index contributed by atoms with van der Waals surface area (Å²) in [6.45, 7) is 5.83. The van der Waals surface area contributed by atoms with Crippen molar-refractivity contribution in [1.29, 1.82) is 0 Å². The van der Waals surface area contributed by atoms with E-state index in [9.17, 15) is 0 Å². The van der Waals surface area contributed by atoms with Gasteiger partial charge >= 0.3 is 0 Å². The van der Waals surface area contributed by atoms with Gasteiger partial charge in [-0.15, -0.1) is 0 Å². The quantitative estimate of drug-likeness (QED) is 0.828. The lowest BCUT2D eigenvalue weighted by molar-refractivity contribution is 0.194. The second-order valence-electron chi connectivity index (χ2n) is 7.30. The molecule has 4 rings (SSSR count). The fourth-order valence-electron chi connectivity index (χ4n) is 3.76. The molecule has 1 atom stereocenters. The monoisotopic (exact) mass is 331 g/mol. The largest absolute Gasteiger partial charge is 0.339 e. The minimum absolute atomic E-state index is 0.165. The van der Waals surface area contributed by atoms with Crippen LogP contribution in [-0.2, 0) is 6.54 Å². The first kappa shape index (κ1) is 15.7. The number of rotatable bonds is 5. The summed E-state index contributed by atoms with van der Waals surface area (Å²) < 4.78 is 11.0. The van der Waals surface area contributed by atoms with E-state index in [-0.39, 0.29) is 12.0 Å². The third kappa shape index (κ3) is 3.09. The van der Waals surface area contributed by atoms with Gasteiger partial charge in [-0.3, -0.25) is 4.90 Å². The summed E-state index contributed by atoms with van der Waals surface area (Å²) in [7, 11) is 0. The molecule has 0 unspecified atom stereocenters. The molecule has 2 aromatic heterocycles. The Morgan fingerprint density at radius 2 is 1.79 bits per heavy atom. The maximum Gasteiger partial charge on any atom is 0.244 e. The lowest BCUT2D eigenvalue weighted by Crippen LogP contribution is -2.23. The van der Waals surface area contributed by atoms with Crippen LogP contribution < -0.4 is 0 Å². The van der Waals surface area contributed by atoms with Crippen LogP contribution in [-0.4, -0.2) is 31.7 Å². The maximum atomic E-state index is 5.50. The molecule has 1 aliphatic heterocycles. The van der Waals surface area contributed by atoms with E-state index in [4.69, 9.17) is 9.05 Å². The summed E-state index contributed by atoms with van der Waals surface area (Å²) in [5.41, 5.74) is 0. The van der Waals surface area contributed by atoms with Gasteiger partial charge in [-0.2, -0.15) is 9.97 Å². The molecule has 0 spiro atoms. The smallest absolute Gasteiger partial charge is 0.244 e. The van der Waals surface area contributed by atoms with Gasteiger partial charge in [0.1, 0.15) is 0 Å². The summed E-state index contributed by atoms with van der Waals surface area (Å²) in [5, 5.41) is 8.29. The van der Waals surface area contributed by atoms with E-state index < -0.39 is 0 Å². The molecule has 2 aromatic rings. The second kappa shape index (κ2) is 6.63. The van der Waals surface area contributed by atoms with Crippen molar-refractivity contribution in [1.82, 2.24) is 25.2 Å². The van der Waals surface area contributed by atoms with Crippen molar-refractivity contribution in [2.45, 2.75) is 76.8 Å². The highest BCUT2D eigenvalue weighted by atomic mass is 16.5. The van der Waals surface area contributed by atoms with Crippen molar-refractivity contribution in [3.8, 4) is 0 Å². The molecule has 3 heterocycles. The van der Waals surface area contributed by atoms with Crippen molar-refractivity contribution in [3.05, 3.63) is 23.4 Å². The Kier molecular flexibility index (Phi) is 4.35. The highest BCUT2D eigenvalue weighted by Gasteiger charge is 2.32. The molecule has 1 saturated heterocycles. The van der Waals surface area contributed by atoms with E-state index in [0.717, 1.165) is 42.8 Å². The molecule has 1 aliphatic carbocycles. The van der Waals surface area contributed by atoms with Crippen LogP contribution in [0.5, 0.6) is 0 Å². The SMILES string of the molecule is CC(C)c1noc([C@H]2CCCN2Cc2noc(C3CCCC3)n2)n1. The van der Waals surface area contributed by atoms with Crippen LogP contribution in [0.1, 0.15) is 93.7 Å². The van der Waals surface area contributed by atoms with Crippen molar-refractivity contribution in [3.63, 3.8) is 0 Å². The third-order valence-corrected chi connectivity index (χ3v) is 5.16. The second-order valence-corrected chi connectivity index (χ2v) is 7.30. The van der Waals surface area contributed by atoms with Gasteiger partial charge in [0, 0.05) is 11.8 Å². The predicted octanol–water partition coefficient (Wildman–Crippen LogP) is 3.57. The molecule has 0 N–H and O–H groups in total. The minimum Gasteiger partial charge on any atom is -0.339 e. The summed E-state index contributed by atoms with van der Waals surface area (Å²) in [6.07, 6.45) is 7.05. The molecule has 2 aliphatic rings. The Hall–Kier alpha value is -1.76. The van der Waals surface area contributed by atoms with E-state index in [2.05, 4.69) is 39.0 Å². The normalized spacial score (nSPS) is 22.9. The first-order valence-electron chi connectivity index (χ1n) is 9.10. The zero-order valence-corrected chi connectivity index (χ0v) is 14.4. The van der Waals surface area contributed by atoms with Crippen molar-refractivity contribution < 1.29 is 9.05 Å². The molecule has 2 fully saturated rings. The average molecular weight is 331 g/mol. The Labute approximate surface area is 141 Å². The lowest BCUT2D eigenvalue weighted by Gasteiger charge is -2.19. The zero-order valence-electron chi connectivity index (χ0n) is 14.4. The molecular weight excluding hydrogens is 306 g/mol. The van der Waals surface area contributed by atoms with Crippen LogP contribution in [0.2, 0.25) is 0 Å². The van der Waals surface area contributed by atoms with Gasteiger partial charge in [-0.25, -0.2) is 0 Å². The molecule has 0 bridgehead atoms. The molecular formula is C17H25N5O2. The standard InChI is InChI=1S/C17H25N5O2/c1-11(2)15-19-17(24-21-15)13-8-5-9-22(13)10-14-18-16(23-20-14)12-6-3-4-7-12/h11-13H,3-10H2,1-2H3/t13-/m1/s1.